The highest BCUT2D eigenvalue weighted by Crippen LogP contribution is 2.24. The lowest BCUT2D eigenvalue weighted by Crippen LogP contribution is -2.26. The molecule has 88 valence electrons. The number of rotatable bonds is 2. The smallest absolute Gasteiger partial charge is 0.132 e. The number of nitrogens with zero attached hydrogens (tertiary/aromatic N) is 2. The monoisotopic (exact) mass is 238 g/mol. The third-order valence-corrected chi connectivity index (χ3v) is 3.62. The first kappa shape index (κ1) is 11.7. The van der Waals surface area contributed by atoms with Crippen molar-refractivity contribution >= 4 is 17.4 Å². The molecule has 2 heterocycles. The van der Waals surface area contributed by atoms with E-state index in [0.29, 0.717) is 5.88 Å². The van der Waals surface area contributed by atoms with E-state index in [9.17, 15) is 0 Å². The average Bonchev–Trinajstić information content (AvgIpc) is 2.54. The van der Waals surface area contributed by atoms with E-state index in [0.717, 1.165) is 30.4 Å². The Kier molecular flexibility index (Phi) is 4.05. The maximum Gasteiger partial charge on any atom is 0.132 e. The van der Waals surface area contributed by atoms with Gasteiger partial charge in [0.05, 0.1) is 5.88 Å². The molecule has 1 aromatic rings. The maximum absolute atomic E-state index is 5.95. The van der Waals surface area contributed by atoms with Crippen LogP contribution >= 0.6 is 11.6 Å². The van der Waals surface area contributed by atoms with E-state index in [2.05, 4.69) is 22.9 Å². The molecule has 3 heteroatoms. The summed E-state index contributed by atoms with van der Waals surface area (Å²) in [5.41, 5.74) is 1.15. The predicted molar refractivity (Wildman–Crippen MR) is 69.0 cm³/mol. The normalized spacial score (nSPS) is 21.9. The van der Waals surface area contributed by atoms with Gasteiger partial charge in [0.2, 0.25) is 0 Å². The van der Waals surface area contributed by atoms with Crippen molar-refractivity contribution in [2.75, 3.05) is 18.0 Å². The van der Waals surface area contributed by atoms with E-state index >= 15 is 0 Å². The number of alkyl halides is 1. The second kappa shape index (κ2) is 5.53. The van der Waals surface area contributed by atoms with Gasteiger partial charge in [-0.3, -0.25) is 0 Å². The molecule has 0 spiro atoms. The van der Waals surface area contributed by atoms with Crippen LogP contribution in [0, 0.1) is 5.92 Å². The Morgan fingerprint density at radius 2 is 2.31 bits per heavy atom. The fourth-order valence-corrected chi connectivity index (χ4v) is 2.50. The number of pyridine rings is 1. The van der Waals surface area contributed by atoms with E-state index in [-0.39, 0.29) is 0 Å². The van der Waals surface area contributed by atoms with Crippen LogP contribution in [-0.4, -0.2) is 18.1 Å². The summed E-state index contributed by atoms with van der Waals surface area (Å²) in [5, 5.41) is 0. The molecule has 16 heavy (non-hydrogen) atoms. The molecule has 1 saturated heterocycles. The van der Waals surface area contributed by atoms with Crippen molar-refractivity contribution < 1.29 is 0 Å². The molecule has 1 aliphatic rings. The molecule has 0 radical (unpaired) electrons. The van der Waals surface area contributed by atoms with Gasteiger partial charge in [0, 0.05) is 24.8 Å². The number of aromatic nitrogens is 1. The summed E-state index contributed by atoms with van der Waals surface area (Å²) in [6.07, 6.45) is 5.72. The van der Waals surface area contributed by atoms with Gasteiger partial charge in [0.1, 0.15) is 5.82 Å². The molecule has 0 N–H and O–H groups in total. The SMILES string of the molecule is CC1CCCN(c2ncccc2CCl)CC1. The Bertz CT molecular complexity index is 340. The minimum absolute atomic E-state index is 0.551. The molecule has 0 bridgehead atoms. The van der Waals surface area contributed by atoms with Crippen LogP contribution in [0.5, 0.6) is 0 Å². The van der Waals surface area contributed by atoms with Crippen molar-refractivity contribution in [3.63, 3.8) is 0 Å². The first-order chi connectivity index (χ1) is 7.81. The van der Waals surface area contributed by atoms with Gasteiger partial charge < -0.3 is 4.90 Å². The molecule has 1 aromatic heterocycles. The Morgan fingerprint density at radius 1 is 1.44 bits per heavy atom. The van der Waals surface area contributed by atoms with Crippen LogP contribution in [0.25, 0.3) is 0 Å². The molecule has 1 aliphatic heterocycles. The average molecular weight is 239 g/mol. The van der Waals surface area contributed by atoms with E-state index in [1.54, 1.807) is 0 Å². The Balaban J connectivity index is 2.16. The predicted octanol–water partition coefficient (Wildman–Crippen LogP) is 3.45. The number of hydrogen-bond acceptors (Lipinski definition) is 2. The zero-order valence-corrected chi connectivity index (χ0v) is 10.6. The van der Waals surface area contributed by atoms with E-state index in [1.165, 1.54) is 19.3 Å². The van der Waals surface area contributed by atoms with Gasteiger partial charge in [-0.05, 0) is 31.2 Å². The van der Waals surface area contributed by atoms with E-state index < -0.39 is 0 Å². The molecule has 0 amide bonds. The summed E-state index contributed by atoms with van der Waals surface area (Å²) in [6, 6.07) is 4.03. The Labute approximate surface area is 103 Å². The first-order valence-corrected chi connectivity index (χ1v) is 6.59. The number of hydrogen-bond donors (Lipinski definition) is 0. The molecule has 2 rings (SSSR count). The molecule has 0 aromatic carbocycles. The van der Waals surface area contributed by atoms with Crippen LogP contribution in [0.15, 0.2) is 18.3 Å². The van der Waals surface area contributed by atoms with Gasteiger partial charge in [-0.1, -0.05) is 13.0 Å². The summed E-state index contributed by atoms with van der Waals surface area (Å²) < 4.78 is 0. The minimum Gasteiger partial charge on any atom is -0.356 e. The molecule has 1 atom stereocenters. The van der Waals surface area contributed by atoms with Gasteiger partial charge in [-0.2, -0.15) is 0 Å². The lowest BCUT2D eigenvalue weighted by Gasteiger charge is -2.23. The van der Waals surface area contributed by atoms with Gasteiger partial charge in [0.25, 0.3) is 0 Å². The lowest BCUT2D eigenvalue weighted by atomic mass is 10.0. The van der Waals surface area contributed by atoms with Gasteiger partial charge in [0.15, 0.2) is 0 Å². The van der Waals surface area contributed by atoms with Crippen molar-refractivity contribution in [2.45, 2.75) is 32.1 Å². The highest BCUT2D eigenvalue weighted by molar-refractivity contribution is 6.17. The fourth-order valence-electron chi connectivity index (χ4n) is 2.29. The highest BCUT2D eigenvalue weighted by atomic mass is 35.5. The van der Waals surface area contributed by atoms with Crippen LogP contribution in [-0.2, 0) is 5.88 Å². The fraction of sp³-hybridized carbons (Fsp3) is 0.615. The third-order valence-electron chi connectivity index (χ3n) is 3.33. The lowest BCUT2D eigenvalue weighted by molar-refractivity contribution is 0.521. The summed E-state index contributed by atoms with van der Waals surface area (Å²) >= 11 is 5.95. The van der Waals surface area contributed by atoms with Crippen molar-refractivity contribution in [3.05, 3.63) is 23.9 Å². The van der Waals surface area contributed by atoms with Crippen LogP contribution in [0.2, 0.25) is 0 Å². The van der Waals surface area contributed by atoms with Crippen LogP contribution < -0.4 is 4.90 Å². The second-order valence-electron chi connectivity index (χ2n) is 4.64. The molecule has 1 unspecified atom stereocenters. The van der Waals surface area contributed by atoms with Crippen molar-refractivity contribution in [3.8, 4) is 0 Å². The second-order valence-corrected chi connectivity index (χ2v) is 4.91. The van der Waals surface area contributed by atoms with Crippen LogP contribution in [0.4, 0.5) is 5.82 Å². The molecular weight excluding hydrogens is 220 g/mol. The third kappa shape index (κ3) is 2.67. The summed E-state index contributed by atoms with van der Waals surface area (Å²) in [7, 11) is 0. The molecule has 0 aliphatic carbocycles. The van der Waals surface area contributed by atoms with Crippen LogP contribution in [0.3, 0.4) is 0 Å². The summed E-state index contributed by atoms with van der Waals surface area (Å²) in [4.78, 5) is 6.87. The highest BCUT2D eigenvalue weighted by Gasteiger charge is 2.16. The zero-order valence-electron chi connectivity index (χ0n) is 9.82. The Morgan fingerprint density at radius 3 is 3.12 bits per heavy atom. The largest absolute Gasteiger partial charge is 0.356 e. The van der Waals surface area contributed by atoms with Gasteiger partial charge in [-0.25, -0.2) is 4.98 Å². The van der Waals surface area contributed by atoms with Gasteiger partial charge in [-0.15, -0.1) is 11.6 Å². The quantitative estimate of drug-likeness (QED) is 0.734. The molecular formula is C13H19ClN2. The standard InChI is InChI=1S/C13H19ClN2/c1-11-4-3-8-16(9-6-11)13-12(10-14)5-2-7-15-13/h2,5,7,11H,3-4,6,8-10H2,1H3. The van der Waals surface area contributed by atoms with E-state index in [4.69, 9.17) is 11.6 Å². The minimum atomic E-state index is 0.551. The Hall–Kier alpha value is -0.760. The topological polar surface area (TPSA) is 16.1 Å². The molecule has 0 saturated carbocycles. The van der Waals surface area contributed by atoms with Crippen molar-refractivity contribution in [1.82, 2.24) is 4.98 Å². The number of anilines is 1. The molecule has 2 nitrogen and oxygen atoms in total. The zero-order chi connectivity index (χ0) is 11.4. The van der Waals surface area contributed by atoms with Gasteiger partial charge >= 0.3 is 0 Å². The summed E-state index contributed by atoms with van der Waals surface area (Å²) in [5.74, 6) is 2.48. The molecule has 1 fully saturated rings. The van der Waals surface area contributed by atoms with E-state index in [1.807, 2.05) is 12.3 Å². The van der Waals surface area contributed by atoms with Crippen LogP contribution in [0.1, 0.15) is 31.7 Å². The summed E-state index contributed by atoms with van der Waals surface area (Å²) in [6.45, 7) is 4.57. The maximum atomic E-state index is 5.95. The van der Waals surface area contributed by atoms with Crippen molar-refractivity contribution in [1.29, 1.82) is 0 Å². The number of halogens is 1. The van der Waals surface area contributed by atoms with Crippen molar-refractivity contribution in [2.24, 2.45) is 5.92 Å². The first-order valence-electron chi connectivity index (χ1n) is 6.06.